The van der Waals surface area contributed by atoms with Gasteiger partial charge in [-0.2, -0.15) is 5.10 Å². The zero-order valence-corrected chi connectivity index (χ0v) is 21.1. The standard InChI is InChI=1S/C25H18BrN3O3S2/c1-32-24(31)22-27-29(20-10-6-3-7-11-20)25(34-22)28(19-8-4-2-5-9-19)23(30)21(33-25)16-17-12-14-18(26)15-13-17/h2-16H,1H3/b21-16-/t25-/m0/s1. The van der Waals surface area contributed by atoms with Gasteiger partial charge in [-0.3, -0.25) is 9.69 Å². The smallest absolute Gasteiger partial charge is 0.365 e. The minimum absolute atomic E-state index is 0.172. The molecule has 3 aromatic rings. The molecule has 1 amide bonds. The van der Waals surface area contributed by atoms with Crippen LogP contribution in [0.25, 0.3) is 6.08 Å². The van der Waals surface area contributed by atoms with Gasteiger partial charge in [0.15, 0.2) is 0 Å². The van der Waals surface area contributed by atoms with Crippen molar-refractivity contribution >= 4 is 73.8 Å². The number of methoxy groups -OCH3 is 1. The van der Waals surface area contributed by atoms with Gasteiger partial charge in [-0.25, -0.2) is 9.80 Å². The van der Waals surface area contributed by atoms with Crippen molar-refractivity contribution in [3.8, 4) is 0 Å². The summed E-state index contributed by atoms with van der Waals surface area (Å²) >= 11 is 6.01. The Labute approximate surface area is 213 Å². The van der Waals surface area contributed by atoms with Crippen LogP contribution < -0.4 is 9.91 Å². The van der Waals surface area contributed by atoms with Gasteiger partial charge >= 0.3 is 5.97 Å². The molecule has 0 aliphatic carbocycles. The van der Waals surface area contributed by atoms with E-state index in [2.05, 4.69) is 21.0 Å². The number of benzene rings is 3. The van der Waals surface area contributed by atoms with Crippen LogP contribution in [-0.4, -0.2) is 28.4 Å². The van der Waals surface area contributed by atoms with Crippen LogP contribution in [0.1, 0.15) is 5.56 Å². The van der Waals surface area contributed by atoms with Crippen LogP contribution >= 0.6 is 39.5 Å². The SMILES string of the molecule is COC(=O)C1=NN(c2ccccc2)[C@]2(S1)S/C(=C\c1ccc(Br)cc1)C(=O)N2c1ccccc1. The van der Waals surface area contributed by atoms with Crippen LogP contribution in [0.15, 0.2) is 99.4 Å². The Morgan fingerprint density at radius 1 is 0.941 bits per heavy atom. The Morgan fingerprint density at radius 3 is 2.18 bits per heavy atom. The van der Waals surface area contributed by atoms with E-state index in [0.717, 1.165) is 15.7 Å². The molecule has 34 heavy (non-hydrogen) atoms. The number of ether oxygens (including phenoxy) is 1. The highest BCUT2D eigenvalue weighted by Gasteiger charge is 2.60. The first-order valence-corrected chi connectivity index (χ1v) is 12.7. The van der Waals surface area contributed by atoms with Crippen LogP contribution in [0.4, 0.5) is 11.4 Å². The highest BCUT2D eigenvalue weighted by molar-refractivity contribution is 9.10. The van der Waals surface area contributed by atoms with Crippen molar-refractivity contribution in [2.45, 2.75) is 4.33 Å². The van der Waals surface area contributed by atoms with Gasteiger partial charge in [-0.15, -0.1) is 0 Å². The Balaban J connectivity index is 1.67. The lowest BCUT2D eigenvalue weighted by Gasteiger charge is -2.38. The third-order valence-corrected chi connectivity index (χ3v) is 8.40. The summed E-state index contributed by atoms with van der Waals surface area (Å²) in [5, 5.41) is 6.52. The fraction of sp³-hybridized carbons (Fsp3) is 0.0800. The second-order valence-electron chi connectivity index (χ2n) is 7.33. The highest BCUT2D eigenvalue weighted by atomic mass is 79.9. The molecule has 1 saturated heterocycles. The predicted molar refractivity (Wildman–Crippen MR) is 142 cm³/mol. The average molecular weight is 552 g/mol. The second kappa shape index (κ2) is 9.32. The lowest BCUT2D eigenvalue weighted by molar-refractivity contribution is -0.132. The van der Waals surface area contributed by atoms with Crippen LogP contribution in [0, 0.1) is 0 Å². The first kappa shape index (κ1) is 22.8. The number of amides is 1. The summed E-state index contributed by atoms with van der Waals surface area (Å²) in [5.74, 6) is -0.719. The first-order chi connectivity index (χ1) is 16.5. The topological polar surface area (TPSA) is 62.2 Å². The van der Waals surface area contributed by atoms with Gasteiger partial charge in [-0.1, -0.05) is 76.2 Å². The molecule has 9 heteroatoms. The molecule has 0 saturated carbocycles. The normalized spacial score (nSPS) is 20.8. The zero-order valence-electron chi connectivity index (χ0n) is 17.9. The van der Waals surface area contributed by atoms with Crippen molar-refractivity contribution in [3.05, 3.63) is 99.9 Å². The van der Waals surface area contributed by atoms with Gasteiger partial charge in [0.1, 0.15) is 0 Å². The maximum atomic E-state index is 13.9. The lowest BCUT2D eigenvalue weighted by Crippen LogP contribution is -2.51. The zero-order chi connectivity index (χ0) is 23.7. The van der Waals surface area contributed by atoms with E-state index in [-0.39, 0.29) is 11.0 Å². The molecule has 2 aliphatic heterocycles. The quantitative estimate of drug-likeness (QED) is 0.296. The predicted octanol–water partition coefficient (Wildman–Crippen LogP) is 5.92. The maximum absolute atomic E-state index is 13.9. The molecule has 0 N–H and O–H groups in total. The Morgan fingerprint density at radius 2 is 1.56 bits per heavy atom. The summed E-state index contributed by atoms with van der Waals surface area (Å²) in [4.78, 5) is 28.6. The van der Waals surface area contributed by atoms with E-state index in [1.807, 2.05) is 91.0 Å². The Bertz CT molecular complexity index is 1300. The number of hydrogen-bond donors (Lipinski definition) is 0. The number of anilines is 2. The van der Waals surface area contributed by atoms with Gasteiger partial charge in [0.2, 0.25) is 9.37 Å². The van der Waals surface area contributed by atoms with Gasteiger partial charge in [0.25, 0.3) is 5.91 Å². The van der Waals surface area contributed by atoms with E-state index in [4.69, 9.17) is 4.74 Å². The molecular formula is C25H18BrN3O3S2. The van der Waals surface area contributed by atoms with Gasteiger partial charge < -0.3 is 4.74 Å². The molecular weight excluding hydrogens is 534 g/mol. The Kier molecular flexibility index (Phi) is 6.24. The third-order valence-electron chi connectivity index (χ3n) is 5.17. The van der Waals surface area contributed by atoms with Crippen molar-refractivity contribution in [2.75, 3.05) is 17.0 Å². The number of thioether (sulfide) groups is 2. The summed E-state index contributed by atoms with van der Waals surface area (Å²) in [5.41, 5.74) is 2.35. The van der Waals surface area contributed by atoms with E-state index in [1.165, 1.54) is 30.6 Å². The molecule has 0 radical (unpaired) electrons. The second-order valence-corrected chi connectivity index (χ2v) is 10.9. The summed E-state index contributed by atoms with van der Waals surface area (Å²) in [6.45, 7) is 0. The molecule has 0 unspecified atom stereocenters. The summed E-state index contributed by atoms with van der Waals surface area (Å²) in [6, 6.07) is 26.7. The fourth-order valence-corrected chi connectivity index (χ4v) is 6.80. The van der Waals surface area contributed by atoms with Crippen LogP contribution in [-0.2, 0) is 14.3 Å². The van der Waals surface area contributed by atoms with Crippen molar-refractivity contribution in [1.82, 2.24) is 0 Å². The van der Waals surface area contributed by atoms with Crippen LogP contribution in [0.3, 0.4) is 0 Å². The van der Waals surface area contributed by atoms with Gasteiger partial charge in [0.05, 0.1) is 17.7 Å². The fourth-order valence-electron chi connectivity index (χ4n) is 3.64. The number of rotatable bonds is 4. The number of halogens is 1. The van der Waals surface area contributed by atoms with Crippen molar-refractivity contribution in [1.29, 1.82) is 0 Å². The first-order valence-electron chi connectivity index (χ1n) is 10.3. The molecule has 5 rings (SSSR count). The third kappa shape index (κ3) is 4.04. The number of nitrogens with zero attached hydrogens (tertiary/aromatic N) is 3. The lowest BCUT2D eigenvalue weighted by atomic mass is 10.2. The minimum Gasteiger partial charge on any atom is -0.464 e. The average Bonchev–Trinajstić information content (AvgIpc) is 3.38. The van der Waals surface area contributed by atoms with E-state index >= 15 is 0 Å². The van der Waals surface area contributed by atoms with Crippen molar-refractivity contribution < 1.29 is 14.3 Å². The van der Waals surface area contributed by atoms with Crippen molar-refractivity contribution in [3.63, 3.8) is 0 Å². The van der Waals surface area contributed by atoms with E-state index in [0.29, 0.717) is 10.6 Å². The van der Waals surface area contributed by atoms with E-state index in [1.54, 1.807) is 9.91 Å². The Hall–Kier alpha value is -3.01. The molecule has 6 nitrogen and oxygen atoms in total. The molecule has 2 heterocycles. The molecule has 2 aliphatic rings. The van der Waals surface area contributed by atoms with Gasteiger partial charge in [-0.05, 0) is 59.8 Å². The highest BCUT2D eigenvalue weighted by Crippen LogP contribution is 2.59. The number of hydrogen-bond acceptors (Lipinski definition) is 7. The molecule has 3 aromatic carbocycles. The van der Waals surface area contributed by atoms with Crippen molar-refractivity contribution in [2.24, 2.45) is 5.10 Å². The van der Waals surface area contributed by atoms with E-state index < -0.39 is 10.3 Å². The molecule has 1 fully saturated rings. The number of carbonyl (C=O) groups is 2. The number of hydrazone groups is 1. The monoisotopic (exact) mass is 551 g/mol. The minimum atomic E-state index is -1.08. The largest absolute Gasteiger partial charge is 0.464 e. The summed E-state index contributed by atoms with van der Waals surface area (Å²) < 4.78 is 4.85. The van der Waals surface area contributed by atoms with Crippen LogP contribution in [0.5, 0.6) is 0 Å². The molecule has 1 spiro atoms. The summed E-state index contributed by atoms with van der Waals surface area (Å²) in [6.07, 6.45) is 1.87. The number of esters is 1. The molecule has 0 aromatic heterocycles. The maximum Gasteiger partial charge on any atom is 0.365 e. The molecule has 1 atom stereocenters. The summed E-state index contributed by atoms with van der Waals surface area (Å²) in [7, 11) is 1.32. The number of para-hydroxylation sites is 2. The van der Waals surface area contributed by atoms with Gasteiger partial charge in [0, 0.05) is 10.2 Å². The molecule has 170 valence electrons. The number of carbonyl (C=O) groups excluding carboxylic acids is 2. The van der Waals surface area contributed by atoms with Crippen LogP contribution in [0.2, 0.25) is 0 Å². The van der Waals surface area contributed by atoms with E-state index in [9.17, 15) is 9.59 Å². The molecule has 0 bridgehead atoms.